The van der Waals surface area contributed by atoms with Gasteiger partial charge in [0.15, 0.2) is 0 Å². The van der Waals surface area contributed by atoms with Crippen LogP contribution in [0.3, 0.4) is 0 Å². The molecule has 0 bridgehead atoms. The van der Waals surface area contributed by atoms with Crippen LogP contribution in [-0.2, 0) is 4.79 Å². The summed E-state index contributed by atoms with van der Waals surface area (Å²) < 4.78 is 1.08. The van der Waals surface area contributed by atoms with E-state index in [0.29, 0.717) is 6.54 Å². The quantitative estimate of drug-likeness (QED) is 0.901. The Hall–Kier alpha value is -1.03. The molecular weight excluding hydrogens is 268 g/mol. The number of rotatable bonds is 5. The summed E-state index contributed by atoms with van der Waals surface area (Å²) in [6.45, 7) is 6.09. The van der Waals surface area contributed by atoms with Gasteiger partial charge in [-0.15, -0.1) is 0 Å². The third-order valence-electron chi connectivity index (χ3n) is 2.33. The molecule has 0 aliphatic heterocycles. The number of likely N-dealkylation sites (N-methyl/N-ethyl adjacent to an activating group) is 1. The van der Waals surface area contributed by atoms with Crippen LogP contribution in [0.1, 0.15) is 13.8 Å². The molecule has 0 saturated carbocycles. The molecule has 0 aliphatic rings. The molecule has 1 rings (SSSR count). The number of amides is 1. The summed E-state index contributed by atoms with van der Waals surface area (Å²) in [7, 11) is 0. The van der Waals surface area contributed by atoms with E-state index in [2.05, 4.69) is 45.2 Å². The molecular formula is C12H17BrN2O. The Labute approximate surface area is 105 Å². The van der Waals surface area contributed by atoms with Crippen LogP contribution in [0.25, 0.3) is 0 Å². The molecule has 3 nitrogen and oxygen atoms in total. The predicted molar refractivity (Wildman–Crippen MR) is 70.7 cm³/mol. The third kappa shape index (κ3) is 4.23. The van der Waals surface area contributed by atoms with Gasteiger partial charge in [-0.05, 0) is 31.2 Å². The second-order valence-electron chi connectivity index (χ2n) is 3.54. The number of hydrogen-bond acceptors (Lipinski definition) is 2. The highest BCUT2D eigenvalue weighted by molar-refractivity contribution is 9.10. The molecule has 0 atom stereocenters. The van der Waals surface area contributed by atoms with Gasteiger partial charge in [0.25, 0.3) is 0 Å². The maximum Gasteiger partial charge on any atom is 0.216 e. The molecule has 1 aromatic carbocycles. The van der Waals surface area contributed by atoms with Crippen LogP contribution in [0.15, 0.2) is 28.7 Å². The number of benzene rings is 1. The van der Waals surface area contributed by atoms with Gasteiger partial charge in [0.2, 0.25) is 5.91 Å². The lowest BCUT2D eigenvalue weighted by Crippen LogP contribution is -2.33. The zero-order valence-corrected chi connectivity index (χ0v) is 11.3. The summed E-state index contributed by atoms with van der Waals surface area (Å²) in [5.74, 6) is 0.0202. The Morgan fingerprint density at radius 1 is 1.38 bits per heavy atom. The third-order valence-corrected chi connectivity index (χ3v) is 2.86. The first-order chi connectivity index (χ1) is 7.63. The van der Waals surface area contributed by atoms with E-state index in [9.17, 15) is 4.79 Å². The molecule has 1 N–H and O–H groups in total. The fourth-order valence-electron chi connectivity index (χ4n) is 1.49. The van der Waals surface area contributed by atoms with E-state index in [1.54, 1.807) is 0 Å². The molecule has 0 aromatic heterocycles. The number of carbonyl (C=O) groups excluding carboxylic acids is 1. The summed E-state index contributed by atoms with van der Waals surface area (Å²) in [4.78, 5) is 13.0. The second-order valence-corrected chi connectivity index (χ2v) is 4.45. The highest BCUT2D eigenvalue weighted by Gasteiger charge is 2.03. The molecule has 0 unspecified atom stereocenters. The highest BCUT2D eigenvalue weighted by Crippen LogP contribution is 2.17. The van der Waals surface area contributed by atoms with Crippen LogP contribution >= 0.6 is 15.9 Å². The molecule has 0 spiro atoms. The second kappa shape index (κ2) is 6.53. The number of nitrogens with zero attached hydrogens (tertiary/aromatic N) is 1. The first-order valence-corrected chi connectivity index (χ1v) is 6.17. The largest absolute Gasteiger partial charge is 0.370 e. The topological polar surface area (TPSA) is 32.3 Å². The van der Waals surface area contributed by atoms with Crippen molar-refractivity contribution in [2.24, 2.45) is 0 Å². The van der Waals surface area contributed by atoms with Crippen molar-refractivity contribution < 1.29 is 4.79 Å². The minimum Gasteiger partial charge on any atom is -0.370 e. The van der Waals surface area contributed by atoms with Gasteiger partial charge in [-0.1, -0.05) is 15.9 Å². The molecule has 4 heteroatoms. The monoisotopic (exact) mass is 284 g/mol. The number of nitrogens with one attached hydrogen (secondary N) is 1. The highest BCUT2D eigenvalue weighted by atomic mass is 79.9. The van der Waals surface area contributed by atoms with Crippen LogP contribution in [0.2, 0.25) is 0 Å². The van der Waals surface area contributed by atoms with Crippen molar-refractivity contribution in [1.82, 2.24) is 5.32 Å². The lowest BCUT2D eigenvalue weighted by atomic mass is 10.3. The lowest BCUT2D eigenvalue weighted by Gasteiger charge is -2.23. The average molecular weight is 285 g/mol. The van der Waals surface area contributed by atoms with Crippen molar-refractivity contribution in [3.05, 3.63) is 28.7 Å². The summed E-state index contributed by atoms with van der Waals surface area (Å²) >= 11 is 3.41. The van der Waals surface area contributed by atoms with Crippen LogP contribution < -0.4 is 10.2 Å². The Morgan fingerprint density at radius 2 is 2.00 bits per heavy atom. The van der Waals surface area contributed by atoms with Crippen molar-refractivity contribution in [3.63, 3.8) is 0 Å². The van der Waals surface area contributed by atoms with E-state index in [-0.39, 0.29) is 5.91 Å². The van der Waals surface area contributed by atoms with Crippen molar-refractivity contribution in [3.8, 4) is 0 Å². The first kappa shape index (κ1) is 13.0. The van der Waals surface area contributed by atoms with Gasteiger partial charge in [0.1, 0.15) is 0 Å². The maximum absolute atomic E-state index is 10.8. The van der Waals surface area contributed by atoms with Gasteiger partial charge in [-0.25, -0.2) is 0 Å². The standard InChI is InChI=1S/C12H17BrN2O/c1-3-15(9-8-14-10(2)16)12-6-4-11(13)5-7-12/h4-7H,3,8-9H2,1-2H3,(H,14,16). The van der Waals surface area contributed by atoms with Crippen molar-refractivity contribution in [1.29, 1.82) is 0 Å². The molecule has 0 heterocycles. The molecule has 1 aromatic rings. The number of carbonyl (C=O) groups is 1. The van der Waals surface area contributed by atoms with Gasteiger partial charge in [-0.2, -0.15) is 0 Å². The van der Waals surface area contributed by atoms with Gasteiger partial charge in [-0.3, -0.25) is 4.79 Å². The minimum absolute atomic E-state index is 0.0202. The minimum atomic E-state index is 0.0202. The zero-order valence-electron chi connectivity index (χ0n) is 9.66. The van der Waals surface area contributed by atoms with Gasteiger partial charge >= 0.3 is 0 Å². The van der Waals surface area contributed by atoms with Crippen molar-refractivity contribution >= 4 is 27.5 Å². The van der Waals surface area contributed by atoms with Crippen molar-refractivity contribution in [2.75, 3.05) is 24.5 Å². The summed E-state index contributed by atoms with van der Waals surface area (Å²) in [6.07, 6.45) is 0. The zero-order chi connectivity index (χ0) is 12.0. The predicted octanol–water partition coefficient (Wildman–Crippen LogP) is 2.41. The molecule has 0 saturated heterocycles. The van der Waals surface area contributed by atoms with E-state index in [0.717, 1.165) is 17.6 Å². The normalized spacial score (nSPS) is 9.94. The van der Waals surface area contributed by atoms with Crippen LogP contribution in [0.5, 0.6) is 0 Å². The Morgan fingerprint density at radius 3 is 2.50 bits per heavy atom. The van der Waals surface area contributed by atoms with E-state index < -0.39 is 0 Å². The Bertz CT molecular complexity index is 337. The molecule has 0 radical (unpaired) electrons. The van der Waals surface area contributed by atoms with Gasteiger partial charge < -0.3 is 10.2 Å². The van der Waals surface area contributed by atoms with E-state index in [4.69, 9.17) is 0 Å². The van der Waals surface area contributed by atoms with Crippen LogP contribution in [0.4, 0.5) is 5.69 Å². The van der Waals surface area contributed by atoms with Gasteiger partial charge in [0, 0.05) is 36.7 Å². The molecule has 16 heavy (non-hydrogen) atoms. The fourth-order valence-corrected chi connectivity index (χ4v) is 1.75. The number of halogens is 1. The Balaban J connectivity index is 2.53. The summed E-state index contributed by atoms with van der Waals surface area (Å²) in [6, 6.07) is 8.19. The average Bonchev–Trinajstić information content (AvgIpc) is 2.26. The summed E-state index contributed by atoms with van der Waals surface area (Å²) in [5.41, 5.74) is 1.18. The molecule has 88 valence electrons. The molecule has 0 fully saturated rings. The van der Waals surface area contributed by atoms with E-state index in [1.807, 2.05) is 12.1 Å². The Kier molecular flexibility index (Phi) is 5.32. The van der Waals surface area contributed by atoms with Crippen LogP contribution in [-0.4, -0.2) is 25.5 Å². The SMILES string of the molecule is CCN(CCNC(C)=O)c1ccc(Br)cc1. The van der Waals surface area contributed by atoms with E-state index >= 15 is 0 Å². The van der Waals surface area contributed by atoms with E-state index in [1.165, 1.54) is 12.6 Å². The van der Waals surface area contributed by atoms with Gasteiger partial charge in [0.05, 0.1) is 0 Å². The van der Waals surface area contributed by atoms with Crippen LogP contribution in [0, 0.1) is 0 Å². The molecule has 1 amide bonds. The van der Waals surface area contributed by atoms with Crippen molar-refractivity contribution in [2.45, 2.75) is 13.8 Å². The fraction of sp³-hybridized carbons (Fsp3) is 0.417. The maximum atomic E-state index is 10.8. The number of hydrogen-bond donors (Lipinski definition) is 1. The smallest absolute Gasteiger partial charge is 0.216 e. The summed E-state index contributed by atoms with van der Waals surface area (Å²) in [5, 5.41) is 2.80. The first-order valence-electron chi connectivity index (χ1n) is 5.38. The number of anilines is 1. The molecule has 0 aliphatic carbocycles. The lowest BCUT2D eigenvalue weighted by molar-refractivity contribution is -0.118.